The highest BCUT2D eigenvalue weighted by atomic mass is 32.2. The van der Waals surface area contributed by atoms with E-state index in [2.05, 4.69) is 0 Å². The molecule has 2 nitrogen and oxygen atoms in total. The summed E-state index contributed by atoms with van der Waals surface area (Å²) < 4.78 is 41.5. The zero-order chi connectivity index (χ0) is 12.9. The molecule has 0 aromatic heterocycles. The maximum atomic E-state index is 12.3. The van der Waals surface area contributed by atoms with Gasteiger partial charge in [0.05, 0.1) is 17.9 Å². The van der Waals surface area contributed by atoms with Crippen LogP contribution in [0.5, 0.6) is 0 Å². The van der Waals surface area contributed by atoms with Crippen molar-refractivity contribution in [2.24, 2.45) is 0 Å². The van der Waals surface area contributed by atoms with Crippen LogP contribution >= 0.6 is 11.8 Å². The molecule has 1 aromatic rings. The topological polar surface area (TPSA) is 26.3 Å². The lowest BCUT2D eigenvalue weighted by Gasteiger charge is -2.07. The van der Waals surface area contributed by atoms with Gasteiger partial charge >= 0.3 is 12.1 Å². The zero-order valence-corrected chi connectivity index (χ0v) is 9.90. The smallest absolute Gasteiger partial charge is 0.416 e. The molecule has 1 rings (SSSR count). The summed E-state index contributed by atoms with van der Waals surface area (Å²) in [5.41, 5.74) is -0.696. The minimum atomic E-state index is -4.33. The molecule has 1 aromatic carbocycles. The molecule has 94 valence electrons. The molecule has 0 radical (unpaired) electrons. The first-order valence-electron chi connectivity index (χ1n) is 4.89. The third-order valence-corrected chi connectivity index (χ3v) is 2.83. The number of carbonyl (C=O) groups excluding carboxylic acids is 1. The monoisotopic (exact) mass is 264 g/mol. The van der Waals surface area contributed by atoms with Crippen molar-refractivity contribution in [1.82, 2.24) is 0 Å². The van der Waals surface area contributed by atoms with Gasteiger partial charge in [0.15, 0.2) is 0 Å². The number of thioether (sulfide) groups is 1. The van der Waals surface area contributed by atoms with E-state index in [0.29, 0.717) is 11.5 Å². The van der Waals surface area contributed by atoms with Crippen LogP contribution in [-0.4, -0.2) is 18.3 Å². The molecule has 0 bridgehead atoms. The predicted octanol–water partition coefficient (Wildman–Crippen LogP) is 3.36. The van der Waals surface area contributed by atoms with Gasteiger partial charge in [-0.15, -0.1) is 11.8 Å². The molecule has 0 atom stereocenters. The largest absolute Gasteiger partial charge is 0.465 e. The summed E-state index contributed by atoms with van der Waals surface area (Å²) >= 11 is 1.15. The Bertz CT molecular complexity index is 373. The van der Waals surface area contributed by atoms with Gasteiger partial charge in [0.1, 0.15) is 0 Å². The molecule has 0 amide bonds. The standard InChI is InChI=1S/C11H11F3O2S/c1-2-16-10(15)7-17-9-5-3-8(4-6-9)11(12,13)14/h3-6H,2,7H2,1H3. The van der Waals surface area contributed by atoms with Crippen molar-refractivity contribution in [3.63, 3.8) is 0 Å². The Labute approximate surface area is 101 Å². The van der Waals surface area contributed by atoms with Crippen molar-refractivity contribution in [2.75, 3.05) is 12.4 Å². The third-order valence-electron chi connectivity index (χ3n) is 1.84. The first-order chi connectivity index (χ1) is 7.93. The Kier molecular flexibility index (Phi) is 4.86. The van der Waals surface area contributed by atoms with Crippen LogP contribution in [0.3, 0.4) is 0 Å². The maximum absolute atomic E-state index is 12.3. The van der Waals surface area contributed by atoms with E-state index in [1.54, 1.807) is 6.92 Å². The van der Waals surface area contributed by atoms with E-state index in [-0.39, 0.29) is 11.7 Å². The molecule has 0 aliphatic carbocycles. The van der Waals surface area contributed by atoms with Gasteiger partial charge in [-0.05, 0) is 31.2 Å². The van der Waals surface area contributed by atoms with E-state index in [4.69, 9.17) is 4.74 Å². The highest BCUT2D eigenvalue weighted by Gasteiger charge is 2.29. The van der Waals surface area contributed by atoms with E-state index in [1.807, 2.05) is 0 Å². The highest BCUT2D eigenvalue weighted by Crippen LogP contribution is 2.30. The molecule has 0 heterocycles. The van der Waals surface area contributed by atoms with E-state index in [0.717, 1.165) is 23.9 Å². The second-order valence-corrected chi connectivity index (χ2v) is 4.16. The first-order valence-corrected chi connectivity index (χ1v) is 5.87. The Balaban J connectivity index is 2.54. The summed E-state index contributed by atoms with van der Waals surface area (Å²) in [6, 6.07) is 4.67. The lowest BCUT2D eigenvalue weighted by atomic mass is 10.2. The Morgan fingerprint density at radius 3 is 2.35 bits per heavy atom. The maximum Gasteiger partial charge on any atom is 0.416 e. The third kappa shape index (κ3) is 4.68. The van der Waals surface area contributed by atoms with Crippen molar-refractivity contribution in [3.05, 3.63) is 29.8 Å². The van der Waals surface area contributed by atoms with Crippen molar-refractivity contribution in [1.29, 1.82) is 0 Å². The average Bonchev–Trinajstić information content (AvgIpc) is 2.26. The van der Waals surface area contributed by atoms with Crippen LogP contribution in [0.1, 0.15) is 12.5 Å². The van der Waals surface area contributed by atoms with Crippen LogP contribution in [0.2, 0.25) is 0 Å². The van der Waals surface area contributed by atoms with E-state index in [9.17, 15) is 18.0 Å². The quantitative estimate of drug-likeness (QED) is 0.616. The summed E-state index contributed by atoms with van der Waals surface area (Å²) in [7, 11) is 0. The van der Waals surface area contributed by atoms with Gasteiger partial charge in [-0.2, -0.15) is 13.2 Å². The van der Waals surface area contributed by atoms with Crippen LogP contribution in [0.25, 0.3) is 0 Å². The van der Waals surface area contributed by atoms with Crippen molar-refractivity contribution in [3.8, 4) is 0 Å². The van der Waals surface area contributed by atoms with Crippen LogP contribution in [0.15, 0.2) is 29.2 Å². The second kappa shape index (κ2) is 5.95. The first kappa shape index (κ1) is 13.9. The second-order valence-electron chi connectivity index (χ2n) is 3.12. The highest BCUT2D eigenvalue weighted by molar-refractivity contribution is 8.00. The molecule has 0 saturated heterocycles. The van der Waals surface area contributed by atoms with Crippen molar-refractivity contribution in [2.45, 2.75) is 18.0 Å². The summed E-state index contributed by atoms with van der Waals surface area (Å²) in [4.78, 5) is 11.6. The lowest BCUT2D eigenvalue weighted by molar-refractivity contribution is -0.140. The molecule has 17 heavy (non-hydrogen) atoms. The normalized spacial score (nSPS) is 11.3. The molecular formula is C11H11F3O2S. The summed E-state index contributed by atoms with van der Waals surface area (Å²) in [5, 5.41) is 0. The molecule has 0 saturated carbocycles. The fourth-order valence-corrected chi connectivity index (χ4v) is 1.78. The van der Waals surface area contributed by atoms with E-state index >= 15 is 0 Å². The zero-order valence-electron chi connectivity index (χ0n) is 9.08. The average molecular weight is 264 g/mol. The van der Waals surface area contributed by atoms with Crippen molar-refractivity contribution < 1.29 is 22.7 Å². The van der Waals surface area contributed by atoms with E-state index < -0.39 is 11.7 Å². The van der Waals surface area contributed by atoms with Gasteiger partial charge in [0, 0.05) is 4.90 Å². The molecule has 0 unspecified atom stereocenters. The number of esters is 1. The number of rotatable bonds is 4. The van der Waals surface area contributed by atoms with Gasteiger partial charge in [-0.3, -0.25) is 4.79 Å². The van der Waals surface area contributed by atoms with Crippen LogP contribution in [0.4, 0.5) is 13.2 Å². The summed E-state index contributed by atoms with van der Waals surface area (Å²) in [5.74, 6) is -0.281. The Morgan fingerprint density at radius 2 is 1.88 bits per heavy atom. The lowest BCUT2D eigenvalue weighted by Crippen LogP contribution is -2.06. The minimum absolute atomic E-state index is 0.0964. The minimum Gasteiger partial charge on any atom is -0.465 e. The van der Waals surface area contributed by atoms with Gasteiger partial charge in [-0.1, -0.05) is 0 Å². The van der Waals surface area contributed by atoms with E-state index in [1.165, 1.54) is 12.1 Å². The van der Waals surface area contributed by atoms with Gasteiger partial charge in [0.2, 0.25) is 0 Å². The van der Waals surface area contributed by atoms with Crippen LogP contribution in [-0.2, 0) is 15.7 Å². The summed E-state index contributed by atoms with van der Waals surface area (Å²) in [6.07, 6.45) is -4.33. The van der Waals surface area contributed by atoms with Crippen LogP contribution in [0, 0.1) is 0 Å². The molecule has 0 fully saturated rings. The van der Waals surface area contributed by atoms with Gasteiger partial charge in [-0.25, -0.2) is 0 Å². The van der Waals surface area contributed by atoms with Gasteiger partial charge in [0.25, 0.3) is 0 Å². The number of hydrogen-bond donors (Lipinski definition) is 0. The summed E-state index contributed by atoms with van der Waals surface area (Å²) in [6.45, 7) is 1.99. The molecule has 0 aliphatic rings. The fraction of sp³-hybridized carbons (Fsp3) is 0.364. The molecular weight excluding hydrogens is 253 g/mol. The van der Waals surface area contributed by atoms with Gasteiger partial charge < -0.3 is 4.74 Å². The molecule has 0 N–H and O–H groups in total. The van der Waals surface area contributed by atoms with Crippen LogP contribution < -0.4 is 0 Å². The Hall–Kier alpha value is -1.17. The molecule has 0 aliphatic heterocycles. The number of benzene rings is 1. The predicted molar refractivity (Wildman–Crippen MR) is 58.8 cm³/mol. The number of halogens is 3. The fourth-order valence-electron chi connectivity index (χ4n) is 1.09. The number of carbonyl (C=O) groups is 1. The number of alkyl halides is 3. The Morgan fingerprint density at radius 1 is 1.29 bits per heavy atom. The number of ether oxygens (including phenoxy) is 1. The molecule has 0 spiro atoms. The number of hydrogen-bond acceptors (Lipinski definition) is 3. The SMILES string of the molecule is CCOC(=O)CSc1ccc(C(F)(F)F)cc1. The van der Waals surface area contributed by atoms with Crippen molar-refractivity contribution >= 4 is 17.7 Å². The molecule has 6 heteroatoms.